The van der Waals surface area contributed by atoms with Crippen LogP contribution in [0.1, 0.15) is 46.0 Å². The molecule has 0 saturated heterocycles. The van der Waals surface area contributed by atoms with E-state index in [4.69, 9.17) is 9.84 Å². The quantitative estimate of drug-likeness (QED) is 0.507. The summed E-state index contributed by atoms with van der Waals surface area (Å²) in [6.45, 7) is 5.39. The maximum Gasteiger partial charge on any atom is 0.326 e. The zero-order valence-corrected chi connectivity index (χ0v) is 12.8. The molecule has 0 aliphatic rings. The second kappa shape index (κ2) is 11.5. The van der Waals surface area contributed by atoms with E-state index in [9.17, 15) is 9.59 Å². The summed E-state index contributed by atoms with van der Waals surface area (Å²) >= 11 is 0. The van der Waals surface area contributed by atoms with Gasteiger partial charge in [-0.15, -0.1) is 0 Å². The highest BCUT2D eigenvalue weighted by atomic mass is 16.5. The van der Waals surface area contributed by atoms with E-state index in [2.05, 4.69) is 24.5 Å². The van der Waals surface area contributed by atoms with Gasteiger partial charge in [-0.2, -0.15) is 0 Å². The van der Waals surface area contributed by atoms with E-state index in [0.29, 0.717) is 31.9 Å². The third-order valence-electron chi connectivity index (χ3n) is 2.94. The monoisotopic (exact) mass is 288 g/mol. The van der Waals surface area contributed by atoms with Gasteiger partial charge in [-0.3, -0.25) is 0 Å². The highest BCUT2D eigenvalue weighted by Crippen LogP contribution is 2.05. The van der Waals surface area contributed by atoms with Crippen LogP contribution < -0.4 is 10.6 Å². The summed E-state index contributed by atoms with van der Waals surface area (Å²) in [6.07, 6.45) is 4.07. The molecule has 0 rings (SSSR count). The summed E-state index contributed by atoms with van der Waals surface area (Å²) < 4.78 is 4.87. The number of hydrogen-bond acceptors (Lipinski definition) is 3. The van der Waals surface area contributed by atoms with Gasteiger partial charge in [0, 0.05) is 20.3 Å². The maximum absolute atomic E-state index is 11.6. The molecule has 0 aromatic heterocycles. The first-order valence-corrected chi connectivity index (χ1v) is 7.23. The van der Waals surface area contributed by atoms with Gasteiger partial charge in [0.15, 0.2) is 0 Å². The Morgan fingerprint density at radius 2 is 1.85 bits per heavy atom. The van der Waals surface area contributed by atoms with Crippen LogP contribution in [-0.2, 0) is 9.53 Å². The van der Waals surface area contributed by atoms with Gasteiger partial charge < -0.3 is 20.5 Å². The number of aliphatic carboxylic acids is 1. The first-order valence-electron chi connectivity index (χ1n) is 7.23. The number of nitrogens with one attached hydrogen (secondary N) is 2. The van der Waals surface area contributed by atoms with E-state index < -0.39 is 18.0 Å². The van der Waals surface area contributed by atoms with Crippen molar-refractivity contribution in [2.24, 2.45) is 5.92 Å². The van der Waals surface area contributed by atoms with E-state index in [1.165, 1.54) is 0 Å². The maximum atomic E-state index is 11.6. The van der Waals surface area contributed by atoms with Gasteiger partial charge in [-0.05, 0) is 25.2 Å². The molecule has 6 heteroatoms. The average molecular weight is 288 g/mol. The number of amides is 2. The zero-order chi connectivity index (χ0) is 15.4. The van der Waals surface area contributed by atoms with Crippen LogP contribution in [0, 0.1) is 5.92 Å². The lowest BCUT2D eigenvalue weighted by molar-refractivity contribution is -0.139. The van der Waals surface area contributed by atoms with Crippen molar-refractivity contribution < 1.29 is 19.4 Å². The van der Waals surface area contributed by atoms with E-state index in [1.807, 2.05) is 0 Å². The molecular weight excluding hydrogens is 260 g/mol. The number of urea groups is 1. The van der Waals surface area contributed by atoms with Crippen molar-refractivity contribution in [1.29, 1.82) is 0 Å². The van der Waals surface area contributed by atoms with Crippen LogP contribution in [0.4, 0.5) is 4.79 Å². The van der Waals surface area contributed by atoms with Gasteiger partial charge in [0.05, 0.1) is 0 Å². The first kappa shape index (κ1) is 18.7. The SMILES string of the molecule is COCCCC(NC(=O)NCCCCC(C)C)C(=O)O. The average Bonchev–Trinajstić information content (AvgIpc) is 2.36. The molecule has 0 heterocycles. The summed E-state index contributed by atoms with van der Waals surface area (Å²) in [5.41, 5.74) is 0. The Balaban J connectivity index is 3.81. The largest absolute Gasteiger partial charge is 0.480 e. The van der Waals surface area contributed by atoms with Crippen LogP contribution in [0.15, 0.2) is 0 Å². The number of rotatable bonds is 11. The minimum atomic E-state index is -1.02. The second-order valence-corrected chi connectivity index (χ2v) is 5.32. The van der Waals surface area contributed by atoms with Crippen LogP contribution in [-0.4, -0.2) is 43.4 Å². The Bertz CT molecular complexity index is 282. The molecule has 0 radical (unpaired) electrons. The Kier molecular flexibility index (Phi) is 10.8. The zero-order valence-electron chi connectivity index (χ0n) is 12.8. The molecule has 3 N–H and O–H groups in total. The third kappa shape index (κ3) is 10.6. The fraction of sp³-hybridized carbons (Fsp3) is 0.857. The Hall–Kier alpha value is -1.30. The van der Waals surface area contributed by atoms with Crippen molar-refractivity contribution in [2.75, 3.05) is 20.3 Å². The number of unbranched alkanes of at least 4 members (excludes halogenated alkanes) is 1. The number of hydrogen-bond donors (Lipinski definition) is 3. The topological polar surface area (TPSA) is 87.7 Å². The fourth-order valence-corrected chi connectivity index (χ4v) is 1.78. The summed E-state index contributed by atoms with van der Waals surface area (Å²) in [6, 6.07) is -1.28. The van der Waals surface area contributed by atoms with E-state index in [0.717, 1.165) is 19.3 Å². The molecule has 20 heavy (non-hydrogen) atoms. The van der Waals surface area contributed by atoms with Gasteiger partial charge in [-0.1, -0.05) is 26.7 Å². The molecule has 1 unspecified atom stereocenters. The van der Waals surface area contributed by atoms with Gasteiger partial charge in [0.1, 0.15) is 6.04 Å². The van der Waals surface area contributed by atoms with Gasteiger partial charge in [0.25, 0.3) is 0 Å². The summed E-state index contributed by atoms with van der Waals surface area (Å²) in [5.74, 6) is -0.350. The molecule has 0 aliphatic carbocycles. The van der Waals surface area contributed by atoms with Crippen molar-refractivity contribution in [1.82, 2.24) is 10.6 Å². The predicted molar refractivity (Wildman–Crippen MR) is 77.8 cm³/mol. The molecule has 0 bridgehead atoms. The molecule has 0 aromatic carbocycles. The molecule has 1 atom stereocenters. The van der Waals surface area contributed by atoms with Crippen LogP contribution in [0.5, 0.6) is 0 Å². The smallest absolute Gasteiger partial charge is 0.326 e. The normalized spacial score (nSPS) is 12.2. The van der Waals surface area contributed by atoms with E-state index in [1.54, 1.807) is 7.11 Å². The number of carbonyl (C=O) groups excluding carboxylic acids is 1. The molecule has 0 saturated carbocycles. The third-order valence-corrected chi connectivity index (χ3v) is 2.94. The minimum absolute atomic E-state index is 0.365. The Morgan fingerprint density at radius 1 is 1.15 bits per heavy atom. The molecule has 0 aliphatic heterocycles. The van der Waals surface area contributed by atoms with Crippen molar-refractivity contribution in [3.63, 3.8) is 0 Å². The van der Waals surface area contributed by atoms with E-state index in [-0.39, 0.29) is 0 Å². The lowest BCUT2D eigenvalue weighted by Crippen LogP contribution is -2.46. The van der Waals surface area contributed by atoms with Crippen molar-refractivity contribution in [3.05, 3.63) is 0 Å². The van der Waals surface area contributed by atoms with Crippen LogP contribution >= 0.6 is 0 Å². The number of carbonyl (C=O) groups is 2. The highest BCUT2D eigenvalue weighted by molar-refractivity contribution is 5.82. The highest BCUT2D eigenvalue weighted by Gasteiger charge is 2.18. The molecule has 0 spiro atoms. The summed E-state index contributed by atoms with van der Waals surface area (Å²) in [4.78, 5) is 22.6. The number of methoxy groups -OCH3 is 1. The lowest BCUT2D eigenvalue weighted by Gasteiger charge is -2.15. The van der Waals surface area contributed by atoms with Crippen molar-refractivity contribution in [3.8, 4) is 0 Å². The second-order valence-electron chi connectivity index (χ2n) is 5.32. The number of ether oxygens (including phenoxy) is 1. The van der Waals surface area contributed by atoms with Gasteiger partial charge in [0.2, 0.25) is 0 Å². The summed E-state index contributed by atoms with van der Waals surface area (Å²) in [5, 5.41) is 14.2. The van der Waals surface area contributed by atoms with Crippen LogP contribution in [0.2, 0.25) is 0 Å². The fourth-order valence-electron chi connectivity index (χ4n) is 1.78. The Morgan fingerprint density at radius 3 is 2.40 bits per heavy atom. The molecular formula is C14H28N2O4. The predicted octanol–water partition coefficient (Wildman–Crippen LogP) is 1.99. The molecule has 118 valence electrons. The number of carboxylic acids is 1. The van der Waals surface area contributed by atoms with E-state index >= 15 is 0 Å². The van der Waals surface area contributed by atoms with Crippen molar-refractivity contribution >= 4 is 12.0 Å². The van der Waals surface area contributed by atoms with Crippen LogP contribution in [0.25, 0.3) is 0 Å². The van der Waals surface area contributed by atoms with Crippen LogP contribution in [0.3, 0.4) is 0 Å². The minimum Gasteiger partial charge on any atom is -0.480 e. The summed E-state index contributed by atoms with van der Waals surface area (Å²) in [7, 11) is 1.56. The molecule has 0 fully saturated rings. The lowest BCUT2D eigenvalue weighted by atomic mass is 10.1. The van der Waals surface area contributed by atoms with Crippen molar-refractivity contribution in [2.45, 2.75) is 52.0 Å². The Labute approximate surface area is 121 Å². The molecule has 0 aromatic rings. The first-order chi connectivity index (χ1) is 9.47. The molecule has 6 nitrogen and oxygen atoms in total. The van der Waals surface area contributed by atoms with Gasteiger partial charge >= 0.3 is 12.0 Å². The van der Waals surface area contributed by atoms with Gasteiger partial charge in [-0.25, -0.2) is 9.59 Å². The number of carboxylic acid groups (broad SMARTS) is 1. The molecule has 2 amide bonds. The standard InChI is InChI=1S/C14H28N2O4/c1-11(2)7-4-5-9-15-14(19)16-12(13(17)18)8-6-10-20-3/h11-12H,4-10H2,1-3H3,(H,17,18)(H2,15,16,19).